The predicted molar refractivity (Wildman–Crippen MR) is 389 cm³/mol. The maximum Gasteiger partial charge on any atom is 0.473 e. The highest BCUT2D eigenvalue weighted by Gasteiger charge is 2.54. The van der Waals surface area contributed by atoms with Gasteiger partial charge in [-0.1, -0.05) is 121 Å². The van der Waals surface area contributed by atoms with Crippen LogP contribution in [0.3, 0.4) is 0 Å². The van der Waals surface area contributed by atoms with Crippen LogP contribution >= 0.6 is 0 Å². The zero-order valence-electron chi connectivity index (χ0n) is 61.9. The summed E-state index contributed by atoms with van der Waals surface area (Å²) < 4.78 is 208. The first-order chi connectivity index (χ1) is 56.6. The lowest BCUT2D eigenvalue weighted by atomic mass is 9.85. The average molecular weight is 1670 g/mol. The van der Waals surface area contributed by atoms with Gasteiger partial charge in [-0.15, -0.1) is 0 Å². The fourth-order valence-electron chi connectivity index (χ4n) is 13.9. The summed E-state index contributed by atoms with van der Waals surface area (Å²) in [5.74, 6) is -28.5. The van der Waals surface area contributed by atoms with E-state index in [4.69, 9.17) is 18.9 Å². The van der Waals surface area contributed by atoms with Gasteiger partial charge in [0.05, 0.1) is 0 Å². The average Bonchev–Trinajstić information content (AvgIpc) is 0.750. The van der Waals surface area contributed by atoms with Gasteiger partial charge in [0.15, 0.2) is 47.5 Å². The summed E-state index contributed by atoms with van der Waals surface area (Å²) in [5.41, 5.74) is -8.79. The molecule has 4 unspecified atom stereocenters. The van der Waals surface area contributed by atoms with E-state index in [1.165, 1.54) is 121 Å². The largest absolute Gasteiger partial charge is 0.473 e. The van der Waals surface area contributed by atoms with Gasteiger partial charge in [-0.2, -0.15) is 73.1 Å². The number of alkyl halides is 12. The number of esters is 4. The van der Waals surface area contributed by atoms with Gasteiger partial charge in [-0.25, -0.2) is 20.0 Å². The van der Waals surface area contributed by atoms with Gasteiger partial charge in [0.2, 0.25) is 0 Å². The Labute approximate surface area is 667 Å². The highest BCUT2D eigenvalue weighted by molar-refractivity contribution is 6.15. The molecule has 8 aromatic carbocycles. The number of hydrogen-bond acceptors (Lipinski definition) is 20. The Morgan fingerprint density at radius 3 is 0.592 bits per heavy atom. The van der Waals surface area contributed by atoms with Crippen LogP contribution < -0.4 is 40.2 Å². The first-order valence-corrected chi connectivity index (χ1v) is 35.4. The number of ether oxygens (including phenoxy) is 4. The summed E-state index contributed by atoms with van der Waals surface area (Å²) in [7, 11) is 0. The van der Waals surface area contributed by atoms with Crippen molar-refractivity contribution in [3.05, 3.63) is 259 Å². The fraction of sp³-hybridized carbons (Fsp3) is 0.200. The van der Waals surface area contributed by atoms with Crippen molar-refractivity contribution < 1.29 is 129 Å². The van der Waals surface area contributed by atoms with Crippen LogP contribution in [0.1, 0.15) is 141 Å². The number of carbonyl (C=O) groups excluding carboxylic acids is 12. The summed E-state index contributed by atoms with van der Waals surface area (Å²) in [4.78, 5) is 173. The van der Waals surface area contributed by atoms with Crippen LogP contribution in [0, 0.1) is 0 Å². The quantitative estimate of drug-likeness (QED) is 0.0502. The van der Waals surface area contributed by atoms with Gasteiger partial charge in [0.1, 0.15) is 23.0 Å². The van der Waals surface area contributed by atoms with Crippen molar-refractivity contribution in [3.63, 3.8) is 0 Å². The standard InChI is InChI=1S/C80H56F12N12O16/c1-37(105)117-61-49-25-45(57-69(109)93-65(41-17-9-5-10-18-41)97-101(57)73(113)77(81,82)83)26-50(61)34-52-28-47(59-71(111)95-67(43-21-13-7-14-22-43)99-103(59)75(115)79(87,88)89)30-54(63(52)119-39(3)107)36-56-32-48(60-72(112)96-68(44-23-15-8-16-24-44)100-104(60)76(116)80(90,91)92)31-55(64(56)120-40(4)108)35-53-29-46(27-51(33-49)62(53)118-38(2)106)58-70(110)94-66(42-19-11-6-12-20-42)98-102(58)74(114)78(84,85)86/h5-32,57-60H,33-36H2,1-4H3,(H,93,97,109)(H,94,98,110)(H,95,99,111)(H,96,100,112). The molecule has 4 aliphatic heterocycles. The SMILES string of the molecule is CC(=O)Oc1c2cc(C3C(=O)NC(c4ccccc4)=NN3C(=O)C(F)(F)F)cc1Cc1cc(C3C(=O)NC(c4ccccc4)=NN3C(=O)C(F)(F)F)cc(c1OC(C)=O)Cc1cc(C3C(=O)NC(c4ccccc4)=NN3C(=O)C(F)(F)F)cc(c1OC(C)=O)Cc1cc(C3C(=O)NC(c4ccccc4)=NN3C(=O)C(F)(F)F)cc(c1OC(C)=O)C2. The number of carbonyl (C=O) groups is 12. The molecule has 40 heteroatoms. The molecule has 4 N–H and O–H groups in total. The van der Waals surface area contributed by atoms with E-state index in [1.54, 1.807) is 0 Å². The third-order valence-electron chi connectivity index (χ3n) is 18.6. The first-order valence-electron chi connectivity index (χ1n) is 35.4. The lowest BCUT2D eigenvalue weighted by molar-refractivity contribution is -0.189. The first kappa shape index (κ1) is 83.2. The molecule has 0 aromatic heterocycles. The Kier molecular flexibility index (Phi) is 22.4. The third kappa shape index (κ3) is 17.4. The highest BCUT2D eigenvalue weighted by atomic mass is 19.4. The van der Waals surface area contributed by atoms with E-state index >= 15 is 71.9 Å². The number of halogens is 12. The maximum atomic E-state index is 15.3. The number of amidine groups is 4. The number of nitrogens with one attached hydrogen (secondary N) is 4. The van der Waals surface area contributed by atoms with Gasteiger partial charge in [-0.3, -0.25) is 57.5 Å². The molecule has 4 heterocycles. The third-order valence-corrected chi connectivity index (χ3v) is 18.6. The number of nitrogens with zero attached hydrogens (tertiary/aromatic N) is 8. The molecule has 8 bridgehead atoms. The number of hydrazone groups is 4. The second kappa shape index (κ2) is 32.4. The zero-order valence-corrected chi connectivity index (χ0v) is 61.9. The van der Waals surface area contributed by atoms with Crippen LogP contribution in [-0.2, 0) is 83.2 Å². The lowest BCUT2D eigenvalue weighted by Crippen LogP contribution is -2.52. The summed E-state index contributed by atoms with van der Waals surface area (Å²) in [5, 5.41) is 24.0. The van der Waals surface area contributed by atoms with E-state index in [2.05, 4.69) is 41.7 Å². The molecule has 8 aromatic rings. The monoisotopic (exact) mass is 1670 g/mol. The minimum absolute atomic E-state index is 0.0911. The van der Waals surface area contributed by atoms with Crippen LogP contribution in [0.5, 0.6) is 23.0 Å². The minimum atomic E-state index is -5.92. The molecule has 616 valence electrons. The van der Waals surface area contributed by atoms with E-state index in [1.807, 2.05) is 0 Å². The highest BCUT2D eigenvalue weighted by Crippen LogP contribution is 2.47. The zero-order chi connectivity index (χ0) is 86.5. The van der Waals surface area contributed by atoms with Crippen molar-refractivity contribution in [3.8, 4) is 23.0 Å². The molecule has 13 rings (SSSR count). The smallest absolute Gasteiger partial charge is 0.426 e. The topological polar surface area (TPSA) is 352 Å². The summed E-state index contributed by atoms with van der Waals surface area (Å²) in [6, 6.07) is 22.8. The van der Waals surface area contributed by atoms with Crippen LogP contribution in [-0.4, -0.2) is 139 Å². The van der Waals surface area contributed by atoms with E-state index in [-0.39, 0.29) is 42.3 Å². The molecular formula is C80H56F12N12O16. The van der Waals surface area contributed by atoms with Crippen LogP contribution in [0.2, 0.25) is 0 Å². The molecule has 8 amide bonds. The van der Waals surface area contributed by atoms with E-state index in [0.717, 1.165) is 76.2 Å². The van der Waals surface area contributed by atoms with E-state index < -0.39 is 259 Å². The lowest BCUT2D eigenvalue weighted by Gasteiger charge is -2.34. The number of benzene rings is 8. The van der Waals surface area contributed by atoms with Crippen LogP contribution in [0.4, 0.5) is 52.7 Å². The Hall–Kier alpha value is -14.8. The van der Waals surface area contributed by atoms with Crippen molar-refractivity contribution in [2.45, 2.75) is 102 Å². The van der Waals surface area contributed by atoms with Crippen LogP contribution in [0.15, 0.2) is 190 Å². The molecule has 0 fully saturated rings. The van der Waals surface area contributed by atoms with Crippen molar-refractivity contribution in [1.82, 2.24) is 41.3 Å². The number of rotatable bonds is 12. The second-order valence-electron chi connectivity index (χ2n) is 27.2. The maximum absolute atomic E-state index is 15.3. The van der Waals surface area contributed by atoms with E-state index in [0.29, 0.717) is 0 Å². The number of hydrogen-bond donors (Lipinski definition) is 4. The fourth-order valence-corrected chi connectivity index (χ4v) is 13.9. The van der Waals surface area contributed by atoms with Gasteiger partial charge < -0.3 is 40.2 Å². The minimum Gasteiger partial charge on any atom is -0.426 e. The van der Waals surface area contributed by atoms with Crippen LogP contribution in [0.25, 0.3) is 0 Å². The number of amides is 8. The molecule has 1 aliphatic carbocycles. The van der Waals surface area contributed by atoms with Gasteiger partial charge in [-0.05, 0) is 70.8 Å². The molecule has 28 nitrogen and oxygen atoms in total. The molecular weight excluding hydrogens is 1610 g/mol. The van der Waals surface area contributed by atoms with Crippen molar-refractivity contribution >= 4 is 94.5 Å². The Bertz CT molecular complexity index is 4990. The molecule has 0 saturated carbocycles. The Balaban J connectivity index is 1.19. The Morgan fingerprint density at radius 2 is 0.450 bits per heavy atom. The normalized spacial score (nSPS) is 17.6. The summed E-state index contributed by atoms with van der Waals surface area (Å²) >= 11 is 0. The molecule has 5 aliphatic rings. The van der Waals surface area contributed by atoms with Gasteiger partial charge in [0.25, 0.3) is 23.6 Å². The van der Waals surface area contributed by atoms with Gasteiger partial charge in [0, 0.05) is 120 Å². The summed E-state index contributed by atoms with van der Waals surface area (Å²) in [6.07, 6.45) is -28.4. The predicted octanol–water partition coefficient (Wildman–Crippen LogP) is 9.76. The van der Waals surface area contributed by atoms with Crippen molar-refractivity contribution in [2.75, 3.05) is 0 Å². The molecule has 0 radical (unpaired) electrons. The number of fused-ring (bicyclic) bond motifs is 8. The summed E-state index contributed by atoms with van der Waals surface area (Å²) in [6.45, 7) is 3.11. The molecule has 0 spiro atoms. The Morgan fingerprint density at radius 1 is 0.292 bits per heavy atom. The second-order valence-corrected chi connectivity index (χ2v) is 27.2. The van der Waals surface area contributed by atoms with Gasteiger partial charge >= 0.3 is 72.2 Å². The van der Waals surface area contributed by atoms with E-state index in [9.17, 15) is 38.4 Å². The molecule has 0 saturated heterocycles. The molecule has 4 atom stereocenters. The van der Waals surface area contributed by atoms with Crippen molar-refractivity contribution in [2.24, 2.45) is 20.4 Å². The molecule has 120 heavy (non-hydrogen) atoms. The van der Waals surface area contributed by atoms with Crippen molar-refractivity contribution in [1.29, 1.82) is 0 Å².